The zero-order valence-corrected chi connectivity index (χ0v) is 11.2. The molecule has 0 saturated heterocycles. The zero-order valence-electron chi connectivity index (χ0n) is 11.2. The van der Waals surface area contributed by atoms with Crippen LogP contribution in [0.1, 0.15) is 11.5 Å². The standard InChI is InChI=1S/C14H13N5O/c1-9-12(11-6-4-3-5-7-11)13(20)17-10(2)19(9)14-15-8-16-18-14/h3-8H,1-2H3,(H,15,16,18). The topological polar surface area (TPSA) is 76.5 Å². The molecule has 2 heterocycles. The fourth-order valence-corrected chi connectivity index (χ4v) is 2.32. The molecule has 0 aliphatic rings. The fourth-order valence-electron chi connectivity index (χ4n) is 2.32. The van der Waals surface area contributed by atoms with Crippen molar-refractivity contribution in [2.75, 3.05) is 0 Å². The molecule has 2 aromatic heterocycles. The molecule has 3 aromatic rings. The molecule has 6 heteroatoms. The van der Waals surface area contributed by atoms with Gasteiger partial charge in [-0.05, 0) is 19.4 Å². The average Bonchev–Trinajstić information content (AvgIpc) is 2.93. The number of nitrogens with one attached hydrogen (secondary N) is 1. The van der Waals surface area contributed by atoms with E-state index in [1.807, 2.05) is 37.3 Å². The van der Waals surface area contributed by atoms with Crippen LogP contribution in [0.4, 0.5) is 0 Å². The molecule has 0 saturated carbocycles. The van der Waals surface area contributed by atoms with E-state index in [-0.39, 0.29) is 5.56 Å². The Balaban J connectivity index is 2.32. The normalized spacial score (nSPS) is 10.7. The van der Waals surface area contributed by atoms with Gasteiger partial charge in [-0.2, -0.15) is 15.1 Å². The van der Waals surface area contributed by atoms with Crippen LogP contribution in [0.25, 0.3) is 17.1 Å². The SMILES string of the molecule is Cc1nc(=O)c(-c2ccccc2)c(C)n1-c1ncn[nH]1. The highest BCUT2D eigenvalue weighted by molar-refractivity contribution is 5.65. The molecule has 20 heavy (non-hydrogen) atoms. The van der Waals surface area contributed by atoms with Crippen LogP contribution in [-0.4, -0.2) is 24.7 Å². The lowest BCUT2D eigenvalue weighted by molar-refractivity contribution is 0.806. The molecule has 1 N–H and O–H groups in total. The van der Waals surface area contributed by atoms with E-state index in [2.05, 4.69) is 20.2 Å². The monoisotopic (exact) mass is 267 g/mol. The van der Waals surface area contributed by atoms with Gasteiger partial charge in [0.25, 0.3) is 5.56 Å². The van der Waals surface area contributed by atoms with Gasteiger partial charge in [0.05, 0.1) is 5.56 Å². The van der Waals surface area contributed by atoms with Crippen molar-refractivity contribution in [3.05, 3.63) is 58.5 Å². The molecule has 100 valence electrons. The van der Waals surface area contributed by atoms with Crippen molar-refractivity contribution < 1.29 is 0 Å². The Labute approximate surface area is 115 Å². The van der Waals surface area contributed by atoms with E-state index in [0.29, 0.717) is 17.3 Å². The first-order chi connectivity index (χ1) is 9.68. The second-order valence-corrected chi connectivity index (χ2v) is 4.44. The molecule has 0 atom stereocenters. The molecule has 0 unspecified atom stereocenters. The van der Waals surface area contributed by atoms with Crippen molar-refractivity contribution in [2.24, 2.45) is 0 Å². The first-order valence-electron chi connectivity index (χ1n) is 6.20. The maximum absolute atomic E-state index is 12.2. The van der Waals surface area contributed by atoms with Crippen LogP contribution < -0.4 is 5.56 Å². The molecule has 0 aliphatic heterocycles. The number of nitrogens with zero attached hydrogens (tertiary/aromatic N) is 4. The van der Waals surface area contributed by atoms with Gasteiger partial charge in [0.15, 0.2) is 0 Å². The molecular weight excluding hydrogens is 254 g/mol. The summed E-state index contributed by atoms with van der Waals surface area (Å²) in [4.78, 5) is 20.4. The summed E-state index contributed by atoms with van der Waals surface area (Å²) in [6.07, 6.45) is 1.43. The molecule has 6 nitrogen and oxygen atoms in total. The van der Waals surface area contributed by atoms with Crippen molar-refractivity contribution in [3.8, 4) is 17.1 Å². The summed E-state index contributed by atoms with van der Waals surface area (Å²) >= 11 is 0. The van der Waals surface area contributed by atoms with Gasteiger partial charge in [0, 0.05) is 5.69 Å². The Bertz CT molecular complexity index is 790. The van der Waals surface area contributed by atoms with Gasteiger partial charge in [-0.15, -0.1) is 0 Å². The molecule has 0 aliphatic carbocycles. The minimum Gasteiger partial charge on any atom is -0.270 e. The maximum atomic E-state index is 12.2. The first kappa shape index (κ1) is 12.3. The van der Waals surface area contributed by atoms with E-state index in [9.17, 15) is 4.79 Å². The quantitative estimate of drug-likeness (QED) is 0.765. The highest BCUT2D eigenvalue weighted by atomic mass is 16.1. The van der Waals surface area contributed by atoms with Crippen molar-refractivity contribution >= 4 is 0 Å². The van der Waals surface area contributed by atoms with Crippen molar-refractivity contribution in [1.29, 1.82) is 0 Å². The number of benzene rings is 1. The van der Waals surface area contributed by atoms with Crippen molar-refractivity contribution in [3.63, 3.8) is 0 Å². The summed E-state index contributed by atoms with van der Waals surface area (Å²) in [5, 5.41) is 6.64. The second kappa shape index (κ2) is 4.73. The molecular formula is C14H13N5O. The Morgan fingerprint density at radius 2 is 1.90 bits per heavy atom. The lowest BCUT2D eigenvalue weighted by Crippen LogP contribution is -2.20. The molecule has 1 aromatic carbocycles. The molecule has 0 radical (unpaired) electrons. The van der Waals surface area contributed by atoms with Crippen LogP contribution >= 0.6 is 0 Å². The Morgan fingerprint density at radius 3 is 2.55 bits per heavy atom. The number of aryl methyl sites for hydroxylation is 1. The minimum absolute atomic E-state index is 0.234. The van der Waals surface area contributed by atoms with Gasteiger partial charge >= 0.3 is 0 Å². The van der Waals surface area contributed by atoms with Gasteiger partial charge in [-0.25, -0.2) is 5.10 Å². The molecule has 3 rings (SSSR count). The van der Waals surface area contributed by atoms with E-state index >= 15 is 0 Å². The highest BCUT2D eigenvalue weighted by Crippen LogP contribution is 2.20. The summed E-state index contributed by atoms with van der Waals surface area (Å²) < 4.78 is 1.79. The van der Waals surface area contributed by atoms with Crippen molar-refractivity contribution in [1.82, 2.24) is 24.7 Å². The number of rotatable bonds is 2. The number of H-pyrrole nitrogens is 1. The largest absolute Gasteiger partial charge is 0.281 e. The lowest BCUT2D eigenvalue weighted by atomic mass is 10.1. The van der Waals surface area contributed by atoms with E-state index in [0.717, 1.165) is 11.3 Å². The Morgan fingerprint density at radius 1 is 1.15 bits per heavy atom. The minimum atomic E-state index is -0.234. The Kier molecular flexibility index (Phi) is 2.90. The van der Waals surface area contributed by atoms with Crippen LogP contribution in [0.2, 0.25) is 0 Å². The smallest absolute Gasteiger partial charge is 0.270 e. The fraction of sp³-hybridized carbons (Fsp3) is 0.143. The average molecular weight is 267 g/mol. The summed E-state index contributed by atoms with van der Waals surface area (Å²) in [6.45, 7) is 3.65. The van der Waals surface area contributed by atoms with E-state index < -0.39 is 0 Å². The number of hydrogen-bond acceptors (Lipinski definition) is 4. The van der Waals surface area contributed by atoms with Gasteiger partial charge in [0.1, 0.15) is 12.2 Å². The third-order valence-electron chi connectivity index (χ3n) is 3.17. The van der Waals surface area contributed by atoms with Crippen LogP contribution in [0.15, 0.2) is 41.5 Å². The molecule has 0 bridgehead atoms. The number of hydrogen-bond donors (Lipinski definition) is 1. The van der Waals surface area contributed by atoms with E-state index in [1.165, 1.54) is 6.33 Å². The van der Waals surface area contributed by atoms with Gasteiger partial charge < -0.3 is 0 Å². The van der Waals surface area contributed by atoms with Gasteiger partial charge in [0.2, 0.25) is 5.95 Å². The third-order valence-corrected chi connectivity index (χ3v) is 3.17. The second-order valence-electron chi connectivity index (χ2n) is 4.44. The first-order valence-corrected chi connectivity index (χ1v) is 6.20. The summed E-state index contributed by atoms with van der Waals surface area (Å²) in [5.41, 5.74) is 1.97. The molecule has 0 fully saturated rings. The third kappa shape index (κ3) is 1.91. The molecule has 0 amide bonds. The van der Waals surface area contributed by atoms with Crippen LogP contribution in [0.5, 0.6) is 0 Å². The van der Waals surface area contributed by atoms with Crippen molar-refractivity contribution in [2.45, 2.75) is 13.8 Å². The Hall–Kier alpha value is -2.76. The lowest BCUT2D eigenvalue weighted by Gasteiger charge is -2.14. The number of aromatic nitrogens is 5. The van der Waals surface area contributed by atoms with Crippen LogP contribution in [-0.2, 0) is 0 Å². The van der Waals surface area contributed by atoms with Gasteiger partial charge in [-0.1, -0.05) is 30.3 Å². The van der Waals surface area contributed by atoms with Crippen LogP contribution in [0.3, 0.4) is 0 Å². The summed E-state index contributed by atoms with van der Waals surface area (Å²) in [6, 6.07) is 9.49. The predicted octanol–water partition coefficient (Wildman–Crippen LogP) is 1.63. The van der Waals surface area contributed by atoms with Crippen LogP contribution in [0, 0.1) is 13.8 Å². The summed E-state index contributed by atoms with van der Waals surface area (Å²) in [5.74, 6) is 1.12. The highest BCUT2D eigenvalue weighted by Gasteiger charge is 2.15. The maximum Gasteiger partial charge on any atom is 0.281 e. The number of aromatic amines is 1. The zero-order chi connectivity index (χ0) is 14.1. The molecule has 0 spiro atoms. The summed E-state index contributed by atoms with van der Waals surface area (Å²) in [7, 11) is 0. The van der Waals surface area contributed by atoms with E-state index in [4.69, 9.17) is 0 Å². The van der Waals surface area contributed by atoms with Gasteiger partial charge in [-0.3, -0.25) is 9.36 Å². The predicted molar refractivity (Wildman–Crippen MR) is 74.7 cm³/mol. The van der Waals surface area contributed by atoms with E-state index in [1.54, 1.807) is 11.5 Å².